The van der Waals surface area contributed by atoms with Crippen LogP contribution in [-0.2, 0) is 18.6 Å². The van der Waals surface area contributed by atoms with Crippen LogP contribution in [0.1, 0.15) is 28.7 Å². The van der Waals surface area contributed by atoms with Gasteiger partial charge < -0.3 is 4.42 Å². The van der Waals surface area contributed by atoms with Crippen molar-refractivity contribution < 1.29 is 4.42 Å². The zero-order valence-corrected chi connectivity index (χ0v) is 16.3. The van der Waals surface area contributed by atoms with Gasteiger partial charge in [0.05, 0.1) is 5.69 Å². The average Bonchev–Trinajstić information content (AvgIpc) is 3.33. The van der Waals surface area contributed by atoms with Crippen molar-refractivity contribution in [3.63, 3.8) is 0 Å². The van der Waals surface area contributed by atoms with Crippen molar-refractivity contribution in [1.29, 1.82) is 0 Å². The summed E-state index contributed by atoms with van der Waals surface area (Å²) < 4.78 is 7.47. The first-order valence-corrected chi connectivity index (χ1v) is 10.3. The fourth-order valence-corrected chi connectivity index (χ4v) is 4.79. The van der Waals surface area contributed by atoms with Crippen molar-refractivity contribution in [1.82, 2.24) is 14.8 Å². The lowest BCUT2D eigenvalue weighted by Gasteiger charge is -2.10. The predicted octanol–water partition coefficient (Wildman–Crippen LogP) is 4.46. The van der Waals surface area contributed by atoms with E-state index in [0.29, 0.717) is 11.3 Å². The first kappa shape index (κ1) is 17.3. The lowest BCUT2D eigenvalue weighted by atomic mass is 10.0. The number of aryl methyl sites for hydroxylation is 3. The molecule has 0 N–H and O–H groups in total. The molecule has 0 saturated heterocycles. The van der Waals surface area contributed by atoms with E-state index in [1.54, 1.807) is 24.2 Å². The van der Waals surface area contributed by atoms with Crippen LogP contribution in [0.2, 0.25) is 0 Å². The van der Waals surface area contributed by atoms with Gasteiger partial charge in [-0.2, -0.15) is 0 Å². The van der Waals surface area contributed by atoms with E-state index in [9.17, 15) is 4.79 Å². The summed E-state index contributed by atoms with van der Waals surface area (Å²) in [4.78, 5) is 12.1. The van der Waals surface area contributed by atoms with Gasteiger partial charge in [0, 0.05) is 17.2 Å². The highest BCUT2D eigenvalue weighted by atomic mass is 32.2. The average molecular weight is 389 g/mol. The Morgan fingerprint density at radius 3 is 2.82 bits per heavy atom. The van der Waals surface area contributed by atoms with Crippen LogP contribution in [0.3, 0.4) is 0 Å². The van der Waals surface area contributed by atoms with Crippen LogP contribution < -0.4 is 5.63 Å². The molecule has 5 rings (SSSR count). The molecule has 0 bridgehead atoms. The Labute approximate surface area is 166 Å². The Balaban J connectivity index is 1.50. The molecule has 0 amide bonds. The molecule has 0 unspecified atom stereocenters. The van der Waals surface area contributed by atoms with Crippen molar-refractivity contribution in [3.8, 4) is 5.69 Å². The third-order valence-electron chi connectivity index (χ3n) is 5.29. The Hall–Kier alpha value is -2.86. The molecule has 6 heteroatoms. The van der Waals surface area contributed by atoms with Gasteiger partial charge in [-0.3, -0.25) is 4.57 Å². The van der Waals surface area contributed by atoms with Gasteiger partial charge in [0.15, 0.2) is 5.16 Å². The van der Waals surface area contributed by atoms with E-state index in [0.717, 1.165) is 40.2 Å². The van der Waals surface area contributed by atoms with Crippen molar-refractivity contribution in [2.45, 2.75) is 37.1 Å². The zero-order chi connectivity index (χ0) is 19.1. The number of thioether (sulfide) groups is 1. The van der Waals surface area contributed by atoms with Crippen LogP contribution in [0.15, 0.2) is 63.2 Å². The SMILES string of the molecule is Cc1ccccc1-n1cnnc1SCc1cc(=O)oc2cc3c(cc12)CCC3. The highest BCUT2D eigenvalue weighted by molar-refractivity contribution is 7.98. The van der Waals surface area contributed by atoms with E-state index in [-0.39, 0.29) is 5.63 Å². The minimum absolute atomic E-state index is 0.304. The Kier molecular flexibility index (Phi) is 4.28. The van der Waals surface area contributed by atoms with Gasteiger partial charge in [-0.1, -0.05) is 30.0 Å². The molecule has 0 radical (unpaired) electrons. The number of para-hydroxylation sites is 1. The maximum absolute atomic E-state index is 12.1. The molecule has 0 aliphatic heterocycles. The first-order chi connectivity index (χ1) is 13.7. The van der Waals surface area contributed by atoms with E-state index >= 15 is 0 Å². The van der Waals surface area contributed by atoms with E-state index in [2.05, 4.69) is 35.3 Å². The lowest BCUT2D eigenvalue weighted by molar-refractivity contribution is 0.559. The highest BCUT2D eigenvalue weighted by Crippen LogP contribution is 2.31. The van der Waals surface area contributed by atoms with Crippen LogP contribution in [0.25, 0.3) is 16.7 Å². The molecule has 4 aromatic rings. The number of benzene rings is 2. The third-order valence-corrected chi connectivity index (χ3v) is 6.28. The van der Waals surface area contributed by atoms with E-state index in [4.69, 9.17) is 4.42 Å². The standard InChI is InChI=1S/C22H19N3O2S/c1-14-5-2-3-8-19(14)25-13-23-24-22(25)28-12-17-11-21(26)27-20-10-16-7-4-6-15(16)9-18(17)20/h2-3,5,8-11,13H,4,6-7,12H2,1H3. The summed E-state index contributed by atoms with van der Waals surface area (Å²) >= 11 is 1.58. The molecule has 0 fully saturated rings. The molecule has 28 heavy (non-hydrogen) atoms. The number of hydrogen-bond donors (Lipinski definition) is 0. The normalized spacial score (nSPS) is 13.2. The van der Waals surface area contributed by atoms with E-state index < -0.39 is 0 Å². The molecule has 2 aromatic heterocycles. The minimum Gasteiger partial charge on any atom is -0.423 e. The number of rotatable bonds is 4. The molecule has 140 valence electrons. The fourth-order valence-electron chi connectivity index (χ4n) is 3.88. The van der Waals surface area contributed by atoms with Crippen molar-refractivity contribution in [2.75, 3.05) is 0 Å². The lowest BCUT2D eigenvalue weighted by Crippen LogP contribution is -2.02. The van der Waals surface area contributed by atoms with Crippen LogP contribution in [-0.4, -0.2) is 14.8 Å². The van der Waals surface area contributed by atoms with Crippen LogP contribution in [0.4, 0.5) is 0 Å². The largest absolute Gasteiger partial charge is 0.423 e. The third kappa shape index (κ3) is 3.03. The number of hydrogen-bond acceptors (Lipinski definition) is 5. The van der Waals surface area contributed by atoms with Crippen molar-refractivity contribution in [3.05, 3.63) is 81.5 Å². The Bertz CT molecular complexity index is 1240. The molecule has 0 atom stereocenters. The summed E-state index contributed by atoms with van der Waals surface area (Å²) in [5.41, 5.74) is 6.25. The molecule has 5 nitrogen and oxygen atoms in total. The summed E-state index contributed by atoms with van der Waals surface area (Å²) in [5, 5.41) is 10.2. The summed E-state index contributed by atoms with van der Waals surface area (Å²) in [6, 6.07) is 14.0. The zero-order valence-electron chi connectivity index (χ0n) is 15.5. The monoisotopic (exact) mass is 389 g/mol. The van der Waals surface area contributed by atoms with Gasteiger partial charge in [-0.05, 0) is 66.6 Å². The quantitative estimate of drug-likeness (QED) is 0.381. The molecule has 0 saturated carbocycles. The molecule has 1 aliphatic carbocycles. The van der Waals surface area contributed by atoms with Crippen LogP contribution in [0, 0.1) is 6.92 Å². The Morgan fingerprint density at radius 2 is 1.96 bits per heavy atom. The Morgan fingerprint density at radius 1 is 1.14 bits per heavy atom. The van der Waals surface area contributed by atoms with Crippen LogP contribution >= 0.6 is 11.8 Å². The predicted molar refractivity (Wildman–Crippen MR) is 110 cm³/mol. The van der Waals surface area contributed by atoms with E-state index in [1.165, 1.54) is 17.5 Å². The van der Waals surface area contributed by atoms with Gasteiger partial charge in [0.2, 0.25) is 0 Å². The smallest absolute Gasteiger partial charge is 0.336 e. The molecule has 2 aromatic carbocycles. The molecule has 0 spiro atoms. The minimum atomic E-state index is -0.304. The first-order valence-electron chi connectivity index (χ1n) is 9.36. The number of fused-ring (bicyclic) bond motifs is 2. The topological polar surface area (TPSA) is 60.9 Å². The summed E-state index contributed by atoms with van der Waals surface area (Å²) in [7, 11) is 0. The summed E-state index contributed by atoms with van der Waals surface area (Å²) in [6.07, 6.45) is 5.06. The second-order valence-corrected chi connectivity index (χ2v) is 8.06. The fraction of sp³-hybridized carbons (Fsp3) is 0.227. The highest BCUT2D eigenvalue weighted by Gasteiger charge is 2.16. The molecular weight excluding hydrogens is 370 g/mol. The second kappa shape index (κ2) is 6.95. The van der Waals surface area contributed by atoms with Crippen molar-refractivity contribution in [2.24, 2.45) is 0 Å². The van der Waals surface area contributed by atoms with Gasteiger partial charge in [0.1, 0.15) is 11.9 Å². The molecule has 2 heterocycles. The number of aromatic nitrogens is 3. The second-order valence-electron chi connectivity index (χ2n) is 7.12. The summed E-state index contributed by atoms with van der Waals surface area (Å²) in [5.74, 6) is 0.630. The van der Waals surface area contributed by atoms with Gasteiger partial charge >= 0.3 is 5.63 Å². The molecule has 1 aliphatic rings. The van der Waals surface area contributed by atoms with Crippen LogP contribution in [0.5, 0.6) is 0 Å². The van der Waals surface area contributed by atoms with E-state index in [1.807, 2.05) is 22.8 Å². The van der Waals surface area contributed by atoms with Gasteiger partial charge in [-0.25, -0.2) is 4.79 Å². The molecular formula is C22H19N3O2S. The maximum Gasteiger partial charge on any atom is 0.336 e. The van der Waals surface area contributed by atoms with Gasteiger partial charge in [0.25, 0.3) is 0 Å². The maximum atomic E-state index is 12.1. The number of nitrogens with zero attached hydrogens (tertiary/aromatic N) is 3. The van der Waals surface area contributed by atoms with Crippen molar-refractivity contribution >= 4 is 22.7 Å². The van der Waals surface area contributed by atoms with Gasteiger partial charge in [-0.15, -0.1) is 10.2 Å². The summed E-state index contributed by atoms with van der Waals surface area (Å²) in [6.45, 7) is 2.07.